The molecule has 1 heterocycles. The van der Waals surface area contributed by atoms with Crippen molar-refractivity contribution < 1.29 is 14.7 Å². The molecule has 0 saturated carbocycles. The average Bonchev–Trinajstić information content (AvgIpc) is 2.75. The number of hydrogen-bond donors (Lipinski definition) is 3. The van der Waals surface area contributed by atoms with Crippen LogP contribution in [0.3, 0.4) is 0 Å². The van der Waals surface area contributed by atoms with Gasteiger partial charge >= 0.3 is 6.03 Å². The molecule has 0 fully saturated rings. The number of fused-ring (bicyclic) bond motifs is 1. The van der Waals surface area contributed by atoms with Crippen molar-refractivity contribution in [2.24, 2.45) is 0 Å². The number of allylic oxidation sites excluding steroid dienone is 1. The second-order valence-electron chi connectivity index (χ2n) is 7.43. The molecule has 1 atom stereocenters. The molecule has 1 aliphatic carbocycles. The highest BCUT2D eigenvalue weighted by Gasteiger charge is 2.51. The molecule has 0 saturated heterocycles. The molecule has 0 bridgehead atoms. The molecule has 0 radical (unpaired) electrons. The Morgan fingerprint density at radius 2 is 1.86 bits per heavy atom. The molecule has 1 unspecified atom stereocenters. The van der Waals surface area contributed by atoms with Crippen LogP contribution in [0.2, 0.25) is 0 Å². The molecular weight excluding hydrogens is 366 g/mol. The Bertz CT molecular complexity index is 941. The summed E-state index contributed by atoms with van der Waals surface area (Å²) in [6.07, 6.45) is 7.53. The second-order valence-corrected chi connectivity index (χ2v) is 7.43. The number of rotatable bonds is 5. The molecule has 2 aliphatic rings. The molecule has 2 aromatic rings. The van der Waals surface area contributed by atoms with Gasteiger partial charge in [-0.25, -0.2) is 4.79 Å². The lowest BCUT2D eigenvalue weighted by molar-refractivity contribution is -0.140. The summed E-state index contributed by atoms with van der Waals surface area (Å²) in [4.78, 5) is 27.2. The highest BCUT2D eigenvalue weighted by Crippen LogP contribution is 2.39. The van der Waals surface area contributed by atoms with E-state index in [-0.39, 0.29) is 0 Å². The van der Waals surface area contributed by atoms with Crippen LogP contribution in [0.4, 0.5) is 16.2 Å². The zero-order chi connectivity index (χ0) is 20.3. The number of para-hydroxylation sites is 2. The molecule has 1 aliphatic heterocycles. The van der Waals surface area contributed by atoms with Crippen LogP contribution in [-0.4, -0.2) is 23.6 Å². The Kier molecular flexibility index (Phi) is 5.36. The Balaban J connectivity index is 1.64. The Hall–Kier alpha value is -3.12. The van der Waals surface area contributed by atoms with E-state index in [1.807, 2.05) is 6.07 Å². The Morgan fingerprint density at radius 1 is 1.10 bits per heavy atom. The summed E-state index contributed by atoms with van der Waals surface area (Å²) in [5.41, 5.74) is 0.411. The number of carbonyl (C=O) groups is 2. The standard InChI is InChI=1S/C23H25N3O3/c27-21(24-16-15-17-9-3-1-4-10-17)23(29)19-13-7-8-14-20(19)25-22(28)26(23)18-11-5-2-6-12-18/h2,5-9,11-14,29H,1,3-4,10,15-16H2,(H,24,27)(H,25,28). The minimum absolute atomic E-state index is 0.345. The van der Waals surface area contributed by atoms with Gasteiger partial charge in [-0.05, 0) is 50.3 Å². The van der Waals surface area contributed by atoms with Crippen molar-refractivity contribution in [3.05, 3.63) is 71.8 Å². The number of aliphatic hydroxyl groups is 1. The van der Waals surface area contributed by atoms with Crippen LogP contribution < -0.4 is 15.5 Å². The largest absolute Gasteiger partial charge is 0.359 e. The van der Waals surface area contributed by atoms with Crippen molar-refractivity contribution in [1.29, 1.82) is 0 Å². The third kappa shape index (κ3) is 3.63. The van der Waals surface area contributed by atoms with E-state index in [1.165, 1.54) is 18.4 Å². The van der Waals surface area contributed by atoms with Gasteiger partial charge in [0.1, 0.15) is 0 Å². The SMILES string of the molecule is O=C1Nc2ccccc2C(O)(C(=O)NCCC2=CCCCC2)N1c1ccccc1. The third-order valence-electron chi connectivity index (χ3n) is 5.52. The fourth-order valence-corrected chi connectivity index (χ4v) is 4.03. The van der Waals surface area contributed by atoms with Crippen LogP contribution in [-0.2, 0) is 10.5 Å². The van der Waals surface area contributed by atoms with Crippen molar-refractivity contribution in [2.75, 3.05) is 16.8 Å². The zero-order valence-corrected chi connectivity index (χ0v) is 16.2. The lowest BCUT2D eigenvalue weighted by Gasteiger charge is -2.42. The summed E-state index contributed by atoms with van der Waals surface area (Å²) in [6, 6.07) is 15.0. The molecule has 6 nitrogen and oxygen atoms in total. The van der Waals surface area contributed by atoms with Gasteiger partial charge in [0, 0.05) is 17.8 Å². The van der Waals surface area contributed by atoms with Crippen LogP contribution in [0.1, 0.15) is 37.7 Å². The summed E-state index contributed by atoms with van der Waals surface area (Å²) in [6.45, 7) is 0.416. The maximum atomic E-state index is 13.3. The summed E-state index contributed by atoms with van der Waals surface area (Å²) in [7, 11) is 0. The first-order valence-electron chi connectivity index (χ1n) is 10.0. The average molecular weight is 391 g/mol. The maximum Gasteiger partial charge on any atom is 0.329 e. The summed E-state index contributed by atoms with van der Waals surface area (Å²) in [5.74, 6) is -0.611. The number of nitrogens with zero attached hydrogens (tertiary/aromatic N) is 1. The van der Waals surface area contributed by atoms with Gasteiger partial charge in [-0.15, -0.1) is 0 Å². The quantitative estimate of drug-likeness (QED) is 0.677. The van der Waals surface area contributed by atoms with E-state index in [9.17, 15) is 14.7 Å². The molecule has 3 N–H and O–H groups in total. The van der Waals surface area contributed by atoms with Gasteiger partial charge in [0.25, 0.3) is 11.6 Å². The molecule has 2 aromatic carbocycles. The van der Waals surface area contributed by atoms with E-state index < -0.39 is 17.7 Å². The van der Waals surface area contributed by atoms with Crippen LogP contribution in [0, 0.1) is 0 Å². The van der Waals surface area contributed by atoms with Gasteiger partial charge in [0.05, 0.1) is 5.69 Å². The predicted molar refractivity (Wildman–Crippen MR) is 112 cm³/mol. The number of anilines is 2. The highest BCUT2D eigenvalue weighted by atomic mass is 16.3. The van der Waals surface area contributed by atoms with Crippen LogP contribution in [0.25, 0.3) is 0 Å². The number of amides is 3. The minimum atomic E-state index is -2.14. The van der Waals surface area contributed by atoms with Crippen molar-refractivity contribution in [3.8, 4) is 0 Å². The molecule has 29 heavy (non-hydrogen) atoms. The minimum Gasteiger partial charge on any atom is -0.359 e. The number of nitrogens with one attached hydrogen (secondary N) is 2. The van der Waals surface area contributed by atoms with Gasteiger partial charge in [0.2, 0.25) is 0 Å². The first kappa shape index (κ1) is 19.2. The number of carbonyl (C=O) groups excluding carboxylic acids is 2. The fraction of sp³-hybridized carbons (Fsp3) is 0.304. The number of benzene rings is 2. The van der Waals surface area contributed by atoms with E-state index >= 15 is 0 Å². The molecule has 3 amide bonds. The monoisotopic (exact) mass is 391 g/mol. The second kappa shape index (κ2) is 8.09. The first-order chi connectivity index (χ1) is 14.1. The molecule has 0 aromatic heterocycles. The van der Waals surface area contributed by atoms with Crippen molar-refractivity contribution in [3.63, 3.8) is 0 Å². The summed E-state index contributed by atoms with van der Waals surface area (Å²) < 4.78 is 0. The maximum absolute atomic E-state index is 13.3. The zero-order valence-electron chi connectivity index (χ0n) is 16.2. The van der Waals surface area contributed by atoms with E-state index in [0.717, 1.165) is 24.2 Å². The van der Waals surface area contributed by atoms with Crippen LogP contribution >= 0.6 is 0 Å². The van der Waals surface area contributed by atoms with E-state index in [0.29, 0.717) is 23.5 Å². The van der Waals surface area contributed by atoms with Gasteiger partial charge in [-0.1, -0.05) is 48.0 Å². The third-order valence-corrected chi connectivity index (χ3v) is 5.52. The van der Waals surface area contributed by atoms with Crippen molar-refractivity contribution in [1.82, 2.24) is 5.32 Å². The highest BCUT2D eigenvalue weighted by molar-refractivity contribution is 6.11. The van der Waals surface area contributed by atoms with E-state index in [1.54, 1.807) is 48.5 Å². The topological polar surface area (TPSA) is 81.7 Å². The van der Waals surface area contributed by atoms with Crippen molar-refractivity contribution >= 4 is 23.3 Å². The van der Waals surface area contributed by atoms with E-state index in [4.69, 9.17) is 0 Å². The predicted octanol–water partition coefficient (Wildman–Crippen LogP) is 3.89. The number of urea groups is 1. The van der Waals surface area contributed by atoms with Gasteiger partial charge in [-0.2, -0.15) is 0 Å². The normalized spacial score (nSPS) is 21.1. The Morgan fingerprint density at radius 3 is 2.62 bits per heavy atom. The van der Waals surface area contributed by atoms with Crippen molar-refractivity contribution in [2.45, 2.75) is 37.8 Å². The lowest BCUT2D eigenvalue weighted by Crippen LogP contribution is -2.62. The van der Waals surface area contributed by atoms with Gasteiger partial charge in [-0.3, -0.25) is 9.69 Å². The smallest absolute Gasteiger partial charge is 0.329 e. The number of hydrogen-bond acceptors (Lipinski definition) is 3. The fourth-order valence-electron chi connectivity index (χ4n) is 4.03. The molecule has 0 spiro atoms. The Labute approximate surface area is 170 Å². The molecule has 4 rings (SSSR count). The van der Waals surface area contributed by atoms with Gasteiger partial charge < -0.3 is 15.7 Å². The molecular formula is C23H25N3O3. The summed E-state index contributed by atoms with van der Waals surface area (Å²) in [5, 5.41) is 17.3. The van der Waals surface area contributed by atoms with Crippen LogP contribution in [0.15, 0.2) is 66.2 Å². The molecule has 6 heteroatoms. The summed E-state index contributed by atoms with van der Waals surface area (Å²) >= 11 is 0. The van der Waals surface area contributed by atoms with Crippen LogP contribution in [0.5, 0.6) is 0 Å². The first-order valence-corrected chi connectivity index (χ1v) is 10.0. The molecule has 150 valence electrons. The van der Waals surface area contributed by atoms with Gasteiger partial charge in [0.15, 0.2) is 0 Å². The lowest BCUT2D eigenvalue weighted by atomic mass is 9.94. The van der Waals surface area contributed by atoms with E-state index in [2.05, 4.69) is 16.7 Å².